The molecule has 0 spiro atoms. The van der Waals surface area contributed by atoms with Gasteiger partial charge in [-0.15, -0.1) is 0 Å². The summed E-state index contributed by atoms with van der Waals surface area (Å²) in [6.45, 7) is 6.70. The highest BCUT2D eigenvalue weighted by molar-refractivity contribution is 6.10. The van der Waals surface area contributed by atoms with Gasteiger partial charge in [-0.05, 0) is 108 Å². The Morgan fingerprint density at radius 2 is 1.17 bits per heavy atom. The van der Waals surface area contributed by atoms with Crippen LogP contribution in [0.3, 0.4) is 0 Å². The molecular weight excluding hydrogens is 436 g/mol. The Morgan fingerprint density at radius 1 is 0.629 bits per heavy atom. The Morgan fingerprint density at radius 3 is 1.77 bits per heavy atom. The van der Waals surface area contributed by atoms with E-state index in [1.807, 2.05) is 36.4 Å². The SMILES string of the molecule is O=C(CCCN1CCCCC1)c1ccc2c(c1)oc1ccc(C(=O)CCCN3CCCCC3)cc12. The average molecular weight is 475 g/mol. The number of hydrogen-bond donors (Lipinski definition) is 0. The van der Waals surface area contributed by atoms with Gasteiger partial charge in [0, 0.05) is 34.7 Å². The number of ketones is 2. The third-order valence-electron chi connectivity index (χ3n) is 7.77. The second-order valence-corrected chi connectivity index (χ2v) is 10.4. The third kappa shape index (κ3) is 6.02. The normalized spacial score (nSPS) is 17.8. The molecule has 0 radical (unpaired) electrons. The van der Waals surface area contributed by atoms with Crippen molar-refractivity contribution < 1.29 is 14.0 Å². The lowest BCUT2D eigenvalue weighted by atomic mass is 10.0. The van der Waals surface area contributed by atoms with Crippen molar-refractivity contribution in [2.45, 2.75) is 64.2 Å². The van der Waals surface area contributed by atoms with Gasteiger partial charge in [0.05, 0.1) is 0 Å². The maximum atomic E-state index is 12.8. The minimum absolute atomic E-state index is 0.175. The van der Waals surface area contributed by atoms with E-state index >= 15 is 0 Å². The first-order chi connectivity index (χ1) is 17.2. The van der Waals surface area contributed by atoms with Crippen LogP contribution < -0.4 is 0 Å². The minimum atomic E-state index is 0.175. The van der Waals surface area contributed by atoms with E-state index in [0.717, 1.165) is 53.4 Å². The summed E-state index contributed by atoms with van der Waals surface area (Å²) in [5.74, 6) is 0.368. The molecule has 186 valence electrons. The zero-order chi connectivity index (χ0) is 24.0. The second kappa shape index (κ2) is 11.5. The van der Waals surface area contributed by atoms with Crippen LogP contribution in [0.4, 0.5) is 0 Å². The molecule has 0 saturated carbocycles. The smallest absolute Gasteiger partial charge is 0.163 e. The van der Waals surface area contributed by atoms with Gasteiger partial charge in [0.25, 0.3) is 0 Å². The van der Waals surface area contributed by atoms with Gasteiger partial charge in [-0.2, -0.15) is 0 Å². The summed E-state index contributed by atoms with van der Waals surface area (Å²) in [6, 6.07) is 11.5. The monoisotopic (exact) mass is 474 g/mol. The van der Waals surface area contributed by atoms with Gasteiger partial charge in [-0.25, -0.2) is 0 Å². The van der Waals surface area contributed by atoms with Crippen LogP contribution in [0.5, 0.6) is 0 Å². The minimum Gasteiger partial charge on any atom is -0.456 e. The molecule has 0 aliphatic carbocycles. The Hall–Kier alpha value is -2.50. The first-order valence-corrected chi connectivity index (χ1v) is 13.6. The van der Waals surface area contributed by atoms with Crippen LogP contribution in [0.1, 0.15) is 84.9 Å². The second-order valence-electron chi connectivity index (χ2n) is 10.4. The number of hydrogen-bond acceptors (Lipinski definition) is 5. The molecular formula is C30H38N2O3. The predicted octanol–water partition coefficient (Wildman–Crippen LogP) is 6.48. The van der Waals surface area contributed by atoms with Crippen LogP contribution in [-0.4, -0.2) is 60.6 Å². The number of carbonyl (C=O) groups excluding carboxylic acids is 2. The fourth-order valence-corrected chi connectivity index (χ4v) is 5.71. The molecule has 2 fully saturated rings. The standard InChI is InChI=1S/C30H38N2O3/c33-27(9-7-19-31-15-3-1-4-16-31)23-12-14-29-26(21-23)25-13-11-24(22-30(25)35-29)28(34)10-8-20-32-17-5-2-6-18-32/h11-14,21-22H,1-10,15-20H2. The van der Waals surface area contributed by atoms with Crippen molar-refractivity contribution in [2.24, 2.45) is 0 Å². The van der Waals surface area contributed by atoms with Crippen molar-refractivity contribution in [3.63, 3.8) is 0 Å². The van der Waals surface area contributed by atoms with E-state index in [1.54, 1.807) is 0 Å². The van der Waals surface area contributed by atoms with Gasteiger partial charge in [-0.1, -0.05) is 18.9 Å². The highest BCUT2D eigenvalue weighted by Gasteiger charge is 2.16. The summed E-state index contributed by atoms with van der Waals surface area (Å²) in [4.78, 5) is 30.6. The lowest BCUT2D eigenvalue weighted by Crippen LogP contribution is -2.30. The maximum Gasteiger partial charge on any atom is 0.163 e. The van der Waals surface area contributed by atoms with Crippen LogP contribution in [0.25, 0.3) is 21.9 Å². The molecule has 0 unspecified atom stereocenters. The fourth-order valence-electron chi connectivity index (χ4n) is 5.71. The van der Waals surface area contributed by atoms with Crippen LogP contribution in [0.2, 0.25) is 0 Å². The van der Waals surface area contributed by atoms with E-state index in [0.29, 0.717) is 18.4 Å². The van der Waals surface area contributed by atoms with Crippen molar-refractivity contribution in [3.8, 4) is 0 Å². The molecule has 5 nitrogen and oxygen atoms in total. The van der Waals surface area contributed by atoms with Gasteiger partial charge in [0.1, 0.15) is 11.2 Å². The molecule has 2 saturated heterocycles. The summed E-state index contributed by atoms with van der Waals surface area (Å²) < 4.78 is 6.06. The van der Waals surface area contributed by atoms with E-state index in [9.17, 15) is 9.59 Å². The van der Waals surface area contributed by atoms with Crippen molar-refractivity contribution in [3.05, 3.63) is 47.5 Å². The number of Topliss-reactive ketones (excluding diaryl/α,β-unsaturated/α-hetero) is 2. The number of fused-ring (bicyclic) bond motifs is 3. The highest BCUT2D eigenvalue weighted by Crippen LogP contribution is 2.31. The van der Waals surface area contributed by atoms with Crippen molar-refractivity contribution in [1.82, 2.24) is 9.80 Å². The zero-order valence-corrected chi connectivity index (χ0v) is 20.9. The lowest BCUT2D eigenvalue weighted by Gasteiger charge is -2.26. The lowest BCUT2D eigenvalue weighted by molar-refractivity contribution is 0.0965. The Bertz CT molecular complexity index is 1170. The predicted molar refractivity (Wildman–Crippen MR) is 141 cm³/mol. The first-order valence-electron chi connectivity index (χ1n) is 13.6. The summed E-state index contributed by atoms with van der Waals surface area (Å²) in [5, 5.41) is 1.92. The largest absolute Gasteiger partial charge is 0.456 e. The van der Waals surface area contributed by atoms with Crippen LogP contribution in [0.15, 0.2) is 40.8 Å². The fraction of sp³-hybridized carbons (Fsp3) is 0.533. The van der Waals surface area contributed by atoms with E-state index in [2.05, 4.69) is 9.80 Å². The molecule has 35 heavy (non-hydrogen) atoms. The maximum absolute atomic E-state index is 12.8. The average Bonchev–Trinajstić information content (AvgIpc) is 3.27. The Kier molecular flexibility index (Phi) is 7.95. The molecule has 0 bridgehead atoms. The summed E-state index contributed by atoms with van der Waals surface area (Å²) in [5.41, 5.74) is 2.94. The topological polar surface area (TPSA) is 53.8 Å². The van der Waals surface area contributed by atoms with Crippen molar-refractivity contribution in [1.29, 1.82) is 0 Å². The molecule has 5 heteroatoms. The number of carbonyl (C=O) groups is 2. The van der Waals surface area contributed by atoms with E-state index < -0.39 is 0 Å². The molecule has 5 rings (SSSR count). The molecule has 2 aliphatic heterocycles. The number of likely N-dealkylation sites (tertiary alicyclic amines) is 2. The molecule has 2 aliphatic rings. The van der Waals surface area contributed by atoms with Gasteiger partial charge in [-0.3, -0.25) is 9.59 Å². The van der Waals surface area contributed by atoms with E-state index in [4.69, 9.17) is 4.42 Å². The molecule has 3 heterocycles. The highest BCUT2D eigenvalue weighted by atomic mass is 16.3. The summed E-state index contributed by atoms with van der Waals surface area (Å²) in [7, 11) is 0. The molecule has 0 N–H and O–H groups in total. The van der Waals surface area contributed by atoms with Gasteiger partial charge in [0.15, 0.2) is 11.6 Å². The first kappa shape index (κ1) is 24.2. The molecule has 0 atom stereocenters. The zero-order valence-electron chi connectivity index (χ0n) is 20.9. The number of furan rings is 1. The summed E-state index contributed by atoms with van der Waals surface area (Å²) >= 11 is 0. The number of piperidine rings is 2. The van der Waals surface area contributed by atoms with Gasteiger partial charge >= 0.3 is 0 Å². The van der Waals surface area contributed by atoms with Crippen LogP contribution >= 0.6 is 0 Å². The molecule has 0 amide bonds. The summed E-state index contributed by atoms with van der Waals surface area (Å²) in [6.07, 6.45) is 10.8. The van der Waals surface area contributed by atoms with E-state index in [1.165, 1.54) is 64.7 Å². The van der Waals surface area contributed by atoms with Crippen LogP contribution in [0, 0.1) is 0 Å². The quantitative estimate of drug-likeness (QED) is 0.315. The number of nitrogens with zero attached hydrogens (tertiary/aromatic N) is 2. The van der Waals surface area contributed by atoms with Crippen molar-refractivity contribution >= 4 is 33.5 Å². The number of rotatable bonds is 10. The Labute approximate surface area is 208 Å². The number of benzene rings is 2. The van der Waals surface area contributed by atoms with E-state index in [-0.39, 0.29) is 11.6 Å². The molecule has 3 aromatic rings. The third-order valence-corrected chi connectivity index (χ3v) is 7.77. The molecule has 2 aromatic carbocycles. The van der Waals surface area contributed by atoms with Crippen LogP contribution in [-0.2, 0) is 0 Å². The van der Waals surface area contributed by atoms with Gasteiger partial charge in [0.2, 0.25) is 0 Å². The van der Waals surface area contributed by atoms with Crippen molar-refractivity contribution in [2.75, 3.05) is 39.3 Å². The molecule has 1 aromatic heterocycles. The Balaban J connectivity index is 1.21. The van der Waals surface area contributed by atoms with Gasteiger partial charge < -0.3 is 14.2 Å².